The summed E-state index contributed by atoms with van der Waals surface area (Å²) in [5.41, 5.74) is 11.7. The van der Waals surface area contributed by atoms with Crippen molar-refractivity contribution in [2.75, 3.05) is 14.7 Å². The maximum atomic E-state index is 6.70. The number of pyridine rings is 1. The summed E-state index contributed by atoms with van der Waals surface area (Å²) < 4.78 is 9.25. The van der Waals surface area contributed by atoms with Crippen molar-refractivity contribution in [3.05, 3.63) is 188 Å². The van der Waals surface area contributed by atoms with Gasteiger partial charge in [0.1, 0.15) is 5.82 Å². The number of benzene rings is 7. The zero-order valence-electron chi connectivity index (χ0n) is 32.6. The summed E-state index contributed by atoms with van der Waals surface area (Å²) in [6.07, 6.45) is 1.91. The Labute approximate surface area is 363 Å². The summed E-state index contributed by atoms with van der Waals surface area (Å²) in [5, 5.41) is 2.55. The van der Waals surface area contributed by atoms with E-state index in [0.29, 0.717) is 11.5 Å². The molecule has 0 saturated carbocycles. The van der Waals surface area contributed by atoms with Crippen LogP contribution in [0.15, 0.2) is 164 Å². The predicted octanol–water partition coefficient (Wildman–Crippen LogP) is 14.7. The molecule has 2 aliphatic rings. The Morgan fingerprint density at radius 2 is 1.22 bits per heavy atom. The van der Waals surface area contributed by atoms with E-state index in [2.05, 4.69) is 194 Å². The first-order valence-corrected chi connectivity index (χ1v) is 20.4. The molecular formula is C52H37N4OPtS-3. The van der Waals surface area contributed by atoms with Gasteiger partial charge in [0.15, 0.2) is 0 Å². The van der Waals surface area contributed by atoms with Gasteiger partial charge in [-0.15, -0.1) is 59.6 Å². The van der Waals surface area contributed by atoms with Crippen molar-refractivity contribution in [2.45, 2.75) is 26.2 Å². The summed E-state index contributed by atoms with van der Waals surface area (Å²) in [5.74, 6) is 2.01. The average molecular weight is 961 g/mol. The van der Waals surface area contributed by atoms with Gasteiger partial charge >= 0.3 is 0 Å². The number of para-hydroxylation sites is 3. The number of rotatable bonds is 5. The molecule has 59 heavy (non-hydrogen) atoms. The molecule has 11 rings (SSSR count). The van der Waals surface area contributed by atoms with Gasteiger partial charge in [0, 0.05) is 76.9 Å². The van der Waals surface area contributed by atoms with E-state index in [1.807, 2.05) is 35.7 Å². The molecule has 7 heteroatoms. The Hall–Kier alpha value is -6.20. The van der Waals surface area contributed by atoms with E-state index < -0.39 is 0 Å². The standard InChI is InChI=1S/C52H37N4OS.Pt/c1-52(2,3)34-28-29-53-50(30-34)56-44-21-8-6-18-40(44)38-16-4-5-17-39(38)41-27-26-37(32-48(41)56)57-36-15-12-14-35(31-36)54-33-55(46-23-10-9-22-45(46)54)47-24-13-20-43-42-19-7-11-25-49(42)58-51(43)47;/h4-30,33H,1-3H3;/q-3;. The third kappa shape index (κ3) is 6.30. The second-order valence-electron chi connectivity index (χ2n) is 15.7. The van der Waals surface area contributed by atoms with Crippen LogP contribution in [0.3, 0.4) is 0 Å². The molecule has 0 N–H and O–H groups in total. The first-order valence-electron chi connectivity index (χ1n) is 19.5. The fraction of sp³-hybridized carbons (Fsp3) is 0.0769. The topological polar surface area (TPSA) is 31.8 Å². The molecule has 5 nitrogen and oxygen atoms in total. The zero-order valence-corrected chi connectivity index (χ0v) is 35.7. The van der Waals surface area contributed by atoms with Crippen molar-refractivity contribution >= 4 is 71.5 Å². The van der Waals surface area contributed by atoms with Crippen LogP contribution in [0.25, 0.3) is 42.4 Å². The average Bonchev–Trinajstić information content (AvgIpc) is 3.80. The molecule has 2 aromatic heterocycles. The minimum atomic E-state index is -0.0549. The Bertz CT molecular complexity index is 3060. The molecule has 0 fully saturated rings. The minimum absolute atomic E-state index is 0. The second kappa shape index (κ2) is 14.6. The van der Waals surface area contributed by atoms with Crippen molar-refractivity contribution in [2.24, 2.45) is 0 Å². The molecule has 0 atom stereocenters. The molecule has 9 aromatic rings. The van der Waals surface area contributed by atoms with E-state index in [1.165, 1.54) is 25.7 Å². The summed E-state index contributed by atoms with van der Waals surface area (Å²) in [7, 11) is 0. The molecule has 2 aliphatic heterocycles. The smallest absolute Gasteiger partial charge is 0.135 e. The van der Waals surface area contributed by atoms with E-state index >= 15 is 0 Å². The Kier molecular flexibility index (Phi) is 9.16. The van der Waals surface area contributed by atoms with Crippen LogP contribution in [-0.4, -0.2) is 4.98 Å². The molecular weight excluding hydrogens is 924 g/mol. The van der Waals surface area contributed by atoms with Gasteiger partial charge in [-0.3, -0.25) is 0 Å². The van der Waals surface area contributed by atoms with Crippen LogP contribution in [0.5, 0.6) is 11.5 Å². The molecule has 0 spiro atoms. The van der Waals surface area contributed by atoms with Crippen LogP contribution in [0.2, 0.25) is 0 Å². The number of anilines is 7. The SMILES string of the molecule is CC(C)(C)c1ccnc(N2c3[c-]c(Oc4[c-]c(N5[CH-]N(c6cccc7c6sc6ccccc67)c6ccccc65)ccc4)ccc3-c3ccccc3-c3ccccc32)c1.[Pt]. The van der Waals surface area contributed by atoms with E-state index in [1.54, 1.807) is 0 Å². The van der Waals surface area contributed by atoms with Gasteiger partial charge in [-0.2, -0.15) is 12.1 Å². The molecule has 0 aliphatic carbocycles. The number of aromatic nitrogens is 1. The fourth-order valence-electron chi connectivity index (χ4n) is 8.30. The Morgan fingerprint density at radius 1 is 0.576 bits per heavy atom. The van der Waals surface area contributed by atoms with Crippen molar-refractivity contribution < 1.29 is 25.8 Å². The van der Waals surface area contributed by atoms with Gasteiger partial charge < -0.3 is 19.4 Å². The van der Waals surface area contributed by atoms with Crippen LogP contribution in [0, 0.1) is 18.8 Å². The van der Waals surface area contributed by atoms with Crippen molar-refractivity contribution in [1.29, 1.82) is 0 Å². The largest absolute Gasteiger partial charge is 0.509 e. The second-order valence-corrected chi connectivity index (χ2v) is 16.8. The molecule has 290 valence electrons. The van der Waals surface area contributed by atoms with E-state index in [0.717, 1.165) is 62.2 Å². The molecule has 0 bridgehead atoms. The third-order valence-corrected chi connectivity index (χ3v) is 12.3. The van der Waals surface area contributed by atoms with Crippen molar-refractivity contribution in [1.82, 2.24) is 4.98 Å². The summed E-state index contributed by atoms with van der Waals surface area (Å²) in [4.78, 5) is 11.7. The van der Waals surface area contributed by atoms with Gasteiger partial charge in [-0.1, -0.05) is 117 Å². The monoisotopic (exact) mass is 960 g/mol. The maximum absolute atomic E-state index is 6.70. The quantitative estimate of drug-likeness (QED) is 0.161. The van der Waals surface area contributed by atoms with Crippen LogP contribution in [0.1, 0.15) is 26.3 Å². The van der Waals surface area contributed by atoms with Crippen LogP contribution in [-0.2, 0) is 26.5 Å². The number of ether oxygens (including phenoxy) is 1. The van der Waals surface area contributed by atoms with Crippen LogP contribution < -0.4 is 19.4 Å². The summed E-state index contributed by atoms with van der Waals surface area (Å²) in [6.45, 7) is 8.86. The zero-order chi connectivity index (χ0) is 39.0. The molecule has 0 amide bonds. The van der Waals surface area contributed by atoms with E-state index in [4.69, 9.17) is 9.72 Å². The normalized spacial score (nSPS) is 13.0. The third-order valence-electron chi connectivity index (χ3n) is 11.1. The molecule has 0 unspecified atom stereocenters. The van der Waals surface area contributed by atoms with Gasteiger partial charge in [0.25, 0.3) is 0 Å². The number of fused-ring (bicyclic) bond motifs is 9. The van der Waals surface area contributed by atoms with E-state index in [-0.39, 0.29) is 26.5 Å². The Balaban J connectivity index is 0.00000420. The summed E-state index contributed by atoms with van der Waals surface area (Å²) >= 11 is 1.84. The molecule has 7 aromatic carbocycles. The van der Waals surface area contributed by atoms with E-state index in [9.17, 15) is 0 Å². The van der Waals surface area contributed by atoms with Crippen molar-refractivity contribution in [3.8, 4) is 33.8 Å². The molecule has 0 radical (unpaired) electrons. The number of hydrogen-bond donors (Lipinski definition) is 0. The Morgan fingerprint density at radius 3 is 2.03 bits per heavy atom. The first kappa shape index (κ1) is 37.1. The van der Waals surface area contributed by atoms with Gasteiger partial charge in [-0.25, -0.2) is 4.98 Å². The fourth-order valence-corrected chi connectivity index (χ4v) is 9.52. The van der Waals surface area contributed by atoms with Gasteiger partial charge in [0.05, 0.1) is 10.4 Å². The predicted molar refractivity (Wildman–Crippen MR) is 241 cm³/mol. The van der Waals surface area contributed by atoms with Crippen LogP contribution in [0.4, 0.5) is 39.9 Å². The van der Waals surface area contributed by atoms with Crippen LogP contribution >= 0.6 is 11.3 Å². The number of thiophene rings is 1. The summed E-state index contributed by atoms with van der Waals surface area (Å²) in [6, 6.07) is 62.7. The molecule has 4 heterocycles. The van der Waals surface area contributed by atoms with Gasteiger partial charge in [-0.05, 0) is 59.0 Å². The number of nitrogens with zero attached hydrogens (tertiary/aromatic N) is 4. The first-order chi connectivity index (χ1) is 28.4. The maximum Gasteiger partial charge on any atom is 0.135 e. The van der Waals surface area contributed by atoms with Gasteiger partial charge in [0.2, 0.25) is 0 Å². The number of hydrogen-bond acceptors (Lipinski definition) is 6. The molecule has 0 saturated heterocycles. The minimum Gasteiger partial charge on any atom is -0.509 e. The van der Waals surface area contributed by atoms with Crippen molar-refractivity contribution in [3.63, 3.8) is 0 Å².